The summed E-state index contributed by atoms with van der Waals surface area (Å²) in [6.45, 7) is 2.66. The van der Waals surface area contributed by atoms with Crippen LogP contribution in [0.25, 0.3) is 0 Å². The quantitative estimate of drug-likeness (QED) is 0.871. The molecular formula is C15H23ClN2O. The molecule has 0 bridgehead atoms. The van der Waals surface area contributed by atoms with Gasteiger partial charge in [-0.15, -0.1) is 0 Å². The van der Waals surface area contributed by atoms with Crippen molar-refractivity contribution < 1.29 is 5.11 Å². The molecular weight excluding hydrogens is 260 g/mol. The zero-order valence-electron chi connectivity index (χ0n) is 11.5. The molecule has 19 heavy (non-hydrogen) atoms. The molecule has 0 aromatic heterocycles. The number of likely N-dealkylation sites (tertiary alicyclic amines) is 1. The van der Waals surface area contributed by atoms with Crippen LogP contribution in [-0.4, -0.2) is 42.7 Å². The maximum absolute atomic E-state index is 10.1. The van der Waals surface area contributed by atoms with E-state index in [1.165, 1.54) is 25.8 Å². The summed E-state index contributed by atoms with van der Waals surface area (Å²) in [6.07, 6.45) is 3.31. The summed E-state index contributed by atoms with van der Waals surface area (Å²) in [6, 6.07) is 8.06. The van der Waals surface area contributed by atoms with Crippen LogP contribution in [0.3, 0.4) is 0 Å². The summed E-state index contributed by atoms with van der Waals surface area (Å²) in [5, 5.41) is 14.1. The zero-order valence-corrected chi connectivity index (χ0v) is 12.2. The van der Waals surface area contributed by atoms with Crippen LogP contribution < -0.4 is 5.32 Å². The minimum absolute atomic E-state index is 0.539. The molecule has 1 aromatic rings. The Morgan fingerprint density at radius 3 is 2.95 bits per heavy atom. The minimum Gasteiger partial charge on any atom is -0.387 e. The van der Waals surface area contributed by atoms with Gasteiger partial charge in [-0.1, -0.05) is 36.2 Å². The van der Waals surface area contributed by atoms with E-state index in [4.69, 9.17) is 11.6 Å². The second-order valence-electron chi connectivity index (χ2n) is 5.33. The first-order valence-electron chi connectivity index (χ1n) is 7.02. The molecule has 0 radical (unpaired) electrons. The van der Waals surface area contributed by atoms with E-state index in [0.29, 0.717) is 17.6 Å². The Bertz CT molecular complexity index is 399. The van der Waals surface area contributed by atoms with E-state index >= 15 is 0 Å². The highest BCUT2D eigenvalue weighted by Gasteiger charge is 2.19. The fraction of sp³-hybridized carbons (Fsp3) is 0.600. The van der Waals surface area contributed by atoms with Gasteiger partial charge in [0.1, 0.15) is 0 Å². The number of hydrogen-bond acceptors (Lipinski definition) is 3. The summed E-state index contributed by atoms with van der Waals surface area (Å²) in [4.78, 5) is 2.40. The van der Waals surface area contributed by atoms with E-state index in [-0.39, 0.29) is 0 Å². The molecule has 0 aliphatic carbocycles. The molecule has 0 amide bonds. The van der Waals surface area contributed by atoms with Gasteiger partial charge in [0, 0.05) is 29.7 Å². The van der Waals surface area contributed by atoms with Crippen LogP contribution in [0.15, 0.2) is 24.3 Å². The normalized spacial score (nSPS) is 22.4. The van der Waals surface area contributed by atoms with E-state index in [2.05, 4.69) is 17.3 Å². The van der Waals surface area contributed by atoms with Gasteiger partial charge in [-0.05, 0) is 32.5 Å². The summed E-state index contributed by atoms with van der Waals surface area (Å²) in [7, 11) is 2.18. The van der Waals surface area contributed by atoms with Gasteiger partial charge in [0.05, 0.1) is 6.10 Å². The molecule has 3 nitrogen and oxygen atoms in total. The lowest BCUT2D eigenvalue weighted by Crippen LogP contribution is -2.43. The van der Waals surface area contributed by atoms with Crippen molar-refractivity contribution in [3.8, 4) is 0 Å². The molecule has 106 valence electrons. The van der Waals surface area contributed by atoms with Crippen molar-refractivity contribution in [1.29, 1.82) is 0 Å². The second-order valence-corrected chi connectivity index (χ2v) is 5.73. The average molecular weight is 283 g/mol. The largest absolute Gasteiger partial charge is 0.387 e. The maximum atomic E-state index is 10.1. The van der Waals surface area contributed by atoms with E-state index in [1.807, 2.05) is 24.3 Å². The Morgan fingerprint density at radius 2 is 2.21 bits per heavy atom. The number of nitrogens with one attached hydrogen (secondary N) is 1. The number of halogens is 1. The number of aliphatic hydroxyl groups is 1. The number of rotatable bonds is 5. The topological polar surface area (TPSA) is 35.5 Å². The van der Waals surface area contributed by atoms with Crippen molar-refractivity contribution in [3.05, 3.63) is 34.9 Å². The van der Waals surface area contributed by atoms with Crippen LogP contribution in [0.2, 0.25) is 5.02 Å². The Kier molecular flexibility index (Phi) is 5.64. The molecule has 1 saturated heterocycles. The molecule has 0 saturated carbocycles. The van der Waals surface area contributed by atoms with Gasteiger partial charge >= 0.3 is 0 Å². The van der Waals surface area contributed by atoms with Crippen LogP contribution in [0.1, 0.15) is 30.9 Å². The molecule has 1 aliphatic rings. The number of likely N-dealkylation sites (N-methyl/N-ethyl adjacent to an activating group) is 1. The third kappa shape index (κ3) is 4.18. The first-order valence-corrected chi connectivity index (χ1v) is 7.39. The lowest BCUT2D eigenvalue weighted by Gasteiger charge is -2.32. The molecule has 4 heteroatoms. The predicted octanol–water partition coefficient (Wildman–Crippen LogP) is 2.45. The summed E-state index contributed by atoms with van der Waals surface area (Å²) in [5.41, 5.74) is 0.800. The summed E-state index contributed by atoms with van der Waals surface area (Å²) >= 11 is 6.07. The minimum atomic E-state index is -0.539. The highest BCUT2D eigenvalue weighted by Crippen LogP contribution is 2.22. The van der Waals surface area contributed by atoms with Crippen molar-refractivity contribution >= 4 is 11.6 Å². The molecule has 2 unspecified atom stereocenters. The predicted molar refractivity (Wildman–Crippen MR) is 79.6 cm³/mol. The molecule has 0 spiro atoms. The fourth-order valence-corrected chi connectivity index (χ4v) is 2.91. The average Bonchev–Trinajstić information content (AvgIpc) is 2.41. The molecule has 2 N–H and O–H groups in total. The highest BCUT2D eigenvalue weighted by molar-refractivity contribution is 6.31. The number of benzene rings is 1. The third-order valence-corrected chi connectivity index (χ3v) is 4.25. The number of hydrogen-bond donors (Lipinski definition) is 2. The van der Waals surface area contributed by atoms with E-state index < -0.39 is 6.10 Å². The van der Waals surface area contributed by atoms with Gasteiger partial charge in [-0.2, -0.15) is 0 Å². The molecule has 2 rings (SSSR count). The number of nitrogens with zero attached hydrogens (tertiary/aromatic N) is 1. The monoisotopic (exact) mass is 282 g/mol. The maximum Gasteiger partial charge on any atom is 0.0928 e. The Balaban J connectivity index is 1.77. The van der Waals surface area contributed by atoms with Gasteiger partial charge in [-0.25, -0.2) is 0 Å². The van der Waals surface area contributed by atoms with Crippen molar-refractivity contribution in [2.75, 3.05) is 26.7 Å². The van der Waals surface area contributed by atoms with Crippen LogP contribution >= 0.6 is 11.6 Å². The van der Waals surface area contributed by atoms with E-state index in [1.54, 1.807) is 0 Å². The summed E-state index contributed by atoms with van der Waals surface area (Å²) in [5.74, 6) is 0. The third-order valence-electron chi connectivity index (χ3n) is 3.90. The Morgan fingerprint density at radius 1 is 1.42 bits per heavy atom. The van der Waals surface area contributed by atoms with Gasteiger partial charge < -0.3 is 15.3 Å². The van der Waals surface area contributed by atoms with Crippen LogP contribution in [0, 0.1) is 0 Å². The fourth-order valence-electron chi connectivity index (χ4n) is 2.64. The lowest BCUT2D eigenvalue weighted by molar-refractivity contribution is 0.153. The molecule has 1 fully saturated rings. The van der Waals surface area contributed by atoms with E-state index in [9.17, 15) is 5.11 Å². The number of aliphatic hydroxyl groups excluding tert-OH is 1. The standard InChI is InChI=1S/C15H23ClN2O/c1-18-9-5-4-6-12(18)10-17-11-15(19)13-7-2-3-8-14(13)16/h2-3,7-8,12,15,17,19H,4-6,9-11H2,1H3. The second kappa shape index (κ2) is 7.25. The smallest absolute Gasteiger partial charge is 0.0928 e. The zero-order chi connectivity index (χ0) is 13.7. The van der Waals surface area contributed by atoms with Gasteiger partial charge in [-0.3, -0.25) is 0 Å². The summed E-state index contributed by atoms with van der Waals surface area (Å²) < 4.78 is 0. The van der Waals surface area contributed by atoms with Crippen molar-refractivity contribution in [3.63, 3.8) is 0 Å². The first kappa shape index (κ1) is 14.8. The van der Waals surface area contributed by atoms with Crippen LogP contribution in [-0.2, 0) is 0 Å². The number of piperidine rings is 1. The van der Waals surface area contributed by atoms with Crippen LogP contribution in [0.5, 0.6) is 0 Å². The van der Waals surface area contributed by atoms with Gasteiger partial charge in [0.15, 0.2) is 0 Å². The highest BCUT2D eigenvalue weighted by atomic mass is 35.5. The molecule has 1 aromatic carbocycles. The SMILES string of the molecule is CN1CCCCC1CNCC(O)c1ccccc1Cl. The Hall–Kier alpha value is -0.610. The van der Waals surface area contributed by atoms with Crippen molar-refractivity contribution in [2.45, 2.75) is 31.4 Å². The van der Waals surface area contributed by atoms with Crippen molar-refractivity contribution in [2.24, 2.45) is 0 Å². The Labute approximate surface area is 120 Å². The van der Waals surface area contributed by atoms with Gasteiger partial charge in [0.2, 0.25) is 0 Å². The molecule has 1 heterocycles. The molecule has 2 atom stereocenters. The molecule has 1 aliphatic heterocycles. The van der Waals surface area contributed by atoms with E-state index in [0.717, 1.165) is 12.1 Å². The lowest BCUT2D eigenvalue weighted by atomic mass is 10.0. The van der Waals surface area contributed by atoms with Crippen molar-refractivity contribution in [1.82, 2.24) is 10.2 Å². The van der Waals surface area contributed by atoms with Crippen LogP contribution in [0.4, 0.5) is 0 Å². The first-order chi connectivity index (χ1) is 9.18. The van der Waals surface area contributed by atoms with Gasteiger partial charge in [0.25, 0.3) is 0 Å².